The van der Waals surface area contributed by atoms with Crippen LogP contribution in [0.1, 0.15) is 49.2 Å². The first-order valence-electron chi connectivity index (χ1n) is 7.34. The second kappa shape index (κ2) is 5.23. The summed E-state index contributed by atoms with van der Waals surface area (Å²) in [4.78, 5) is 9.04. The maximum absolute atomic E-state index is 4.66. The Balaban J connectivity index is 1.96. The third kappa shape index (κ3) is 2.53. The smallest absolute Gasteiger partial charge is 0.162 e. The van der Waals surface area contributed by atoms with Gasteiger partial charge in [-0.1, -0.05) is 6.92 Å². The number of anilines is 1. The molecule has 0 bridgehead atoms. The number of rotatable bonds is 5. The minimum atomic E-state index is 0.664. The molecule has 5 nitrogen and oxygen atoms in total. The Morgan fingerprint density at radius 3 is 2.80 bits per heavy atom. The van der Waals surface area contributed by atoms with Crippen LogP contribution in [0.3, 0.4) is 0 Å². The van der Waals surface area contributed by atoms with Crippen LogP contribution in [0.5, 0.6) is 0 Å². The van der Waals surface area contributed by atoms with E-state index in [0.29, 0.717) is 5.92 Å². The molecule has 20 heavy (non-hydrogen) atoms. The van der Waals surface area contributed by atoms with Crippen molar-refractivity contribution in [3.05, 3.63) is 29.3 Å². The summed E-state index contributed by atoms with van der Waals surface area (Å²) in [7, 11) is 0. The molecular weight excluding hydrogens is 250 g/mol. The van der Waals surface area contributed by atoms with Crippen LogP contribution in [-0.4, -0.2) is 26.3 Å². The van der Waals surface area contributed by atoms with Crippen molar-refractivity contribution in [2.45, 2.75) is 46.0 Å². The summed E-state index contributed by atoms with van der Waals surface area (Å²) in [5.74, 6) is 3.23. The molecule has 0 unspecified atom stereocenters. The van der Waals surface area contributed by atoms with Crippen LogP contribution < -0.4 is 5.32 Å². The maximum atomic E-state index is 4.66. The van der Waals surface area contributed by atoms with Crippen LogP contribution in [0.25, 0.3) is 5.82 Å². The molecule has 0 atom stereocenters. The van der Waals surface area contributed by atoms with E-state index in [2.05, 4.69) is 33.4 Å². The molecule has 1 aliphatic rings. The van der Waals surface area contributed by atoms with E-state index in [1.54, 1.807) is 0 Å². The Morgan fingerprint density at radius 1 is 1.30 bits per heavy atom. The second-order valence-corrected chi connectivity index (χ2v) is 5.45. The summed E-state index contributed by atoms with van der Waals surface area (Å²) in [6, 6.07) is 2.10. The zero-order chi connectivity index (χ0) is 14.1. The average molecular weight is 271 g/mol. The number of nitrogens with zero attached hydrogens (tertiary/aromatic N) is 4. The van der Waals surface area contributed by atoms with E-state index in [4.69, 9.17) is 0 Å². The van der Waals surface area contributed by atoms with Crippen molar-refractivity contribution in [3.63, 3.8) is 0 Å². The molecule has 3 rings (SSSR count). The minimum Gasteiger partial charge on any atom is -0.370 e. The number of aromatic nitrogens is 4. The standard InChI is InChI=1S/C15H21N5/c1-4-8-16-14-10(2)15(18-11(3)17-14)20-9-7-13(19-20)12-5-6-12/h7,9,12H,4-6,8H2,1-3H3,(H,16,17,18). The first-order valence-corrected chi connectivity index (χ1v) is 7.34. The Labute approximate surface area is 119 Å². The molecule has 1 saturated carbocycles. The highest BCUT2D eigenvalue weighted by molar-refractivity contribution is 5.51. The van der Waals surface area contributed by atoms with Gasteiger partial charge >= 0.3 is 0 Å². The number of hydrogen-bond acceptors (Lipinski definition) is 4. The molecule has 1 fully saturated rings. The molecule has 106 valence electrons. The van der Waals surface area contributed by atoms with Crippen molar-refractivity contribution >= 4 is 5.82 Å². The summed E-state index contributed by atoms with van der Waals surface area (Å²) in [6.07, 6.45) is 5.61. The van der Waals surface area contributed by atoms with Crippen molar-refractivity contribution in [2.75, 3.05) is 11.9 Å². The van der Waals surface area contributed by atoms with Crippen LogP contribution in [0.15, 0.2) is 12.3 Å². The highest BCUT2D eigenvalue weighted by atomic mass is 15.3. The summed E-state index contributed by atoms with van der Waals surface area (Å²) in [5.41, 5.74) is 2.23. The lowest BCUT2D eigenvalue weighted by Gasteiger charge is -2.12. The molecule has 5 heteroatoms. The van der Waals surface area contributed by atoms with E-state index in [1.807, 2.05) is 24.7 Å². The molecule has 0 radical (unpaired) electrons. The largest absolute Gasteiger partial charge is 0.370 e. The molecule has 0 saturated heterocycles. The summed E-state index contributed by atoms with van der Waals surface area (Å²) in [6.45, 7) is 7.03. The van der Waals surface area contributed by atoms with Gasteiger partial charge in [-0.05, 0) is 39.2 Å². The van der Waals surface area contributed by atoms with Crippen LogP contribution in [-0.2, 0) is 0 Å². The predicted molar refractivity (Wildman–Crippen MR) is 79.4 cm³/mol. The van der Waals surface area contributed by atoms with Crippen molar-refractivity contribution in [1.29, 1.82) is 0 Å². The molecular formula is C15H21N5. The van der Waals surface area contributed by atoms with Crippen molar-refractivity contribution in [1.82, 2.24) is 19.7 Å². The molecule has 1 aliphatic carbocycles. The van der Waals surface area contributed by atoms with Gasteiger partial charge in [0.05, 0.1) is 5.69 Å². The number of nitrogens with one attached hydrogen (secondary N) is 1. The monoisotopic (exact) mass is 271 g/mol. The van der Waals surface area contributed by atoms with Crippen LogP contribution in [0, 0.1) is 13.8 Å². The lowest BCUT2D eigenvalue weighted by atomic mass is 10.3. The average Bonchev–Trinajstić information content (AvgIpc) is 3.17. The first-order chi connectivity index (χ1) is 9.69. The highest BCUT2D eigenvalue weighted by Crippen LogP contribution is 2.39. The fraction of sp³-hybridized carbons (Fsp3) is 0.533. The van der Waals surface area contributed by atoms with Gasteiger partial charge in [-0.15, -0.1) is 0 Å². The van der Waals surface area contributed by atoms with Gasteiger partial charge in [-0.3, -0.25) is 0 Å². The van der Waals surface area contributed by atoms with Gasteiger partial charge in [0, 0.05) is 24.2 Å². The third-order valence-electron chi connectivity index (χ3n) is 3.60. The van der Waals surface area contributed by atoms with E-state index in [-0.39, 0.29) is 0 Å². The zero-order valence-electron chi connectivity index (χ0n) is 12.3. The SMILES string of the molecule is CCCNc1nc(C)nc(-n2ccc(C3CC3)n2)c1C. The Kier molecular flexibility index (Phi) is 3.42. The lowest BCUT2D eigenvalue weighted by molar-refractivity contribution is 0.791. The van der Waals surface area contributed by atoms with Gasteiger partial charge in [0.25, 0.3) is 0 Å². The quantitative estimate of drug-likeness (QED) is 0.908. The second-order valence-electron chi connectivity index (χ2n) is 5.45. The molecule has 0 amide bonds. The van der Waals surface area contributed by atoms with Crippen LogP contribution in [0.4, 0.5) is 5.82 Å². The highest BCUT2D eigenvalue weighted by Gasteiger charge is 2.26. The molecule has 0 aliphatic heterocycles. The number of aryl methyl sites for hydroxylation is 1. The van der Waals surface area contributed by atoms with Gasteiger partial charge in [0.1, 0.15) is 11.6 Å². The Morgan fingerprint density at radius 2 is 2.10 bits per heavy atom. The molecule has 0 aromatic carbocycles. The lowest BCUT2D eigenvalue weighted by Crippen LogP contribution is -2.11. The van der Waals surface area contributed by atoms with E-state index in [1.165, 1.54) is 18.5 Å². The van der Waals surface area contributed by atoms with E-state index in [0.717, 1.165) is 36.0 Å². The fourth-order valence-corrected chi connectivity index (χ4v) is 2.31. The third-order valence-corrected chi connectivity index (χ3v) is 3.60. The normalized spacial score (nSPS) is 14.6. The fourth-order valence-electron chi connectivity index (χ4n) is 2.31. The van der Waals surface area contributed by atoms with Crippen LogP contribution >= 0.6 is 0 Å². The van der Waals surface area contributed by atoms with Gasteiger partial charge in [-0.2, -0.15) is 5.10 Å². The summed E-state index contributed by atoms with van der Waals surface area (Å²) >= 11 is 0. The van der Waals surface area contributed by atoms with Gasteiger partial charge in [-0.25, -0.2) is 14.6 Å². The Bertz CT molecular complexity index is 613. The zero-order valence-corrected chi connectivity index (χ0v) is 12.3. The number of hydrogen-bond donors (Lipinski definition) is 1. The van der Waals surface area contributed by atoms with Crippen molar-refractivity contribution < 1.29 is 0 Å². The molecule has 2 heterocycles. The van der Waals surface area contributed by atoms with E-state index < -0.39 is 0 Å². The van der Waals surface area contributed by atoms with E-state index >= 15 is 0 Å². The predicted octanol–water partition coefficient (Wildman–Crippen LogP) is 2.98. The Hall–Kier alpha value is -1.91. The molecule has 2 aromatic rings. The minimum absolute atomic E-state index is 0.664. The molecule has 0 spiro atoms. The van der Waals surface area contributed by atoms with Crippen molar-refractivity contribution in [2.24, 2.45) is 0 Å². The van der Waals surface area contributed by atoms with Gasteiger partial charge < -0.3 is 5.32 Å². The molecule has 1 N–H and O–H groups in total. The van der Waals surface area contributed by atoms with Crippen LogP contribution in [0.2, 0.25) is 0 Å². The maximum Gasteiger partial charge on any atom is 0.162 e. The first kappa shape index (κ1) is 13.1. The van der Waals surface area contributed by atoms with Crippen molar-refractivity contribution in [3.8, 4) is 5.82 Å². The summed E-state index contributed by atoms with van der Waals surface area (Å²) < 4.78 is 1.88. The topological polar surface area (TPSA) is 55.6 Å². The van der Waals surface area contributed by atoms with E-state index in [9.17, 15) is 0 Å². The summed E-state index contributed by atoms with van der Waals surface area (Å²) in [5, 5.41) is 8.03. The molecule has 2 aromatic heterocycles. The van der Waals surface area contributed by atoms with Gasteiger partial charge in [0.15, 0.2) is 5.82 Å². The van der Waals surface area contributed by atoms with Gasteiger partial charge in [0.2, 0.25) is 0 Å².